The summed E-state index contributed by atoms with van der Waals surface area (Å²) in [6.45, 7) is -4.96. The number of fused-ring (bicyclic) bond motifs is 1. The Morgan fingerprint density at radius 2 is 1.93 bits per heavy atom. The van der Waals surface area contributed by atoms with E-state index in [1.54, 1.807) is 12.1 Å². The monoisotopic (exact) mass is 224 g/mol. The molecular weight excluding hydrogens is 219 g/mol. The fraction of sp³-hybridized carbons (Fsp3) is 0. The predicted octanol–water partition coefficient (Wildman–Crippen LogP) is -1.61. The Balaban J connectivity index is 0.000000980. The summed E-state index contributed by atoms with van der Waals surface area (Å²) in [7, 11) is 0. The van der Waals surface area contributed by atoms with Gasteiger partial charge in [0.1, 0.15) is 0 Å². The summed E-state index contributed by atoms with van der Waals surface area (Å²) in [5.41, 5.74) is -0.532. The molecule has 0 radical (unpaired) electrons. The summed E-state index contributed by atoms with van der Waals surface area (Å²) in [5, 5.41) is 3.60. The molecule has 0 unspecified atom stereocenters. The van der Waals surface area contributed by atoms with E-state index < -0.39 is 12.4 Å². The number of halogens is 3. The largest absolute Gasteiger partial charge is 1.00 e. The van der Waals surface area contributed by atoms with Gasteiger partial charge in [-0.25, -0.2) is 4.52 Å². The number of hydrogen-bond acceptors (Lipinski definition) is 1. The minimum absolute atomic E-state index is 0. The Hall–Kier alpha value is 0.181. The van der Waals surface area contributed by atoms with Crippen LogP contribution in [0.25, 0.3) is 5.52 Å². The van der Waals surface area contributed by atoms with Crippen LogP contribution in [0.3, 0.4) is 0 Å². The molecule has 2 aromatic rings. The van der Waals surface area contributed by atoms with Crippen LogP contribution in [0.4, 0.5) is 12.9 Å². The van der Waals surface area contributed by atoms with Gasteiger partial charge in [-0.3, -0.25) is 0 Å². The van der Waals surface area contributed by atoms with Gasteiger partial charge in [0.25, 0.3) is 0 Å². The number of hydrogen-bond donors (Lipinski definition) is 0. The summed E-state index contributed by atoms with van der Waals surface area (Å²) >= 11 is 0. The van der Waals surface area contributed by atoms with Gasteiger partial charge >= 0.3 is 58.4 Å². The molecule has 0 aliphatic carbocycles. The molecule has 68 valence electrons. The zero-order valence-corrected chi connectivity index (χ0v) is 10.6. The first kappa shape index (κ1) is 12.3. The summed E-state index contributed by atoms with van der Waals surface area (Å²) < 4.78 is 38.3. The van der Waals surface area contributed by atoms with E-state index in [9.17, 15) is 12.9 Å². The van der Waals surface area contributed by atoms with Crippen molar-refractivity contribution in [2.24, 2.45) is 0 Å². The zero-order valence-electron chi connectivity index (χ0n) is 7.49. The van der Waals surface area contributed by atoms with E-state index in [4.69, 9.17) is 0 Å². The third kappa shape index (κ3) is 2.22. The molecule has 0 aromatic carbocycles. The van der Waals surface area contributed by atoms with Crippen molar-refractivity contribution in [2.45, 2.75) is 0 Å². The van der Waals surface area contributed by atoms with Crippen LogP contribution < -0.4 is 56.8 Å². The second-order valence-electron chi connectivity index (χ2n) is 2.71. The van der Waals surface area contributed by atoms with Gasteiger partial charge < -0.3 is 12.9 Å². The van der Waals surface area contributed by atoms with Gasteiger partial charge in [0.15, 0.2) is 0 Å². The van der Waals surface area contributed by atoms with Crippen molar-refractivity contribution in [1.82, 2.24) is 9.61 Å². The Kier molecular flexibility index (Phi) is 3.82. The molecule has 14 heavy (non-hydrogen) atoms. The molecule has 0 fully saturated rings. The smallest absolute Gasteiger partial charge is 0.445 e. The van der Waals surface area contributed by atoms with Crippen molar-refractivity contribution in [3.63, 3.8) is 0 Å². The molecule has 0 saturated carbocycles. The van der Waals surface area contributed by atoms with Crippen molar-refractivity contribution in [1.29, 1.82) is 0 Å². The quantitative estimate of drug-likeness (QED) is 0.533. The molecule has 0 spiro atoms. The maximum atomic E-state index is 12.4. The molecule has 2 heterocycles. The summed E-state index contributed by atoms with van der Waals surface area (Å²) in [4.78, 5) is 0. The van der Waals surface area contributed by atoms with E-state index in [1.807, 2.05) is 0 Å². The first-order valence-corrected chi connectivity index (χ1v) is 3.71. The fourth-order valence-corrected chi connectivity index (χ4v) is 1.21. The van der Waals surface area contributed by atoms with Crippen LogP contribution in [-0.4, -0.2) is 16.6 Å². The standard InChI is InChI=1S/C7H5BF3N2.K/c9-8(10,11)6-5-12-13-4-2-1-3-7(6)13;/h1-5H;/q-1;+1. The molecule has 2 nitrogen and oxygen atoms in total. The maximum Gasteiger partial charge on any atom is 1.00 e. The molecule has 0 bridgehead atoms. The van der Waals surface area contributed by atoms with E-state index in [1.165, 1.54) is 16.8 Å². The Labute approximate surface area is 121 Å². The third-order valence-corrected chi connectivity index (χ3v) is 1.81. The minimum Gasteiger partial charge on any atom is -0.445 e. The van der Waals surface area contributed by atoms with Gasteiger partial charge in [0, 0.05) is 17.9 Å². The fourth-order valence-electron chi connectivity index (χ4n) is 1.21. The summed E-state index contributed by atoms with van der Waals surface area (Å²) in [6, 6.07) is 4.59. The van der Waals surface area contributed by atoms with Crippen molar-refractivity contribution < 1.29 is 64.3 Å². The molecule has 0 N–H and O–H groups in total. The first-order valence-electron chi connectivity index (χ1n) is 3.71. The van der Waals surface area contributed by atoms with Gasteiger partial charge in [-0.05, 0) is 12.1 Å². The van der Waals surface area contributed by atoms with Gasteiger partial charge in [0.2, 0.25) is 0 Å². The van der Waals surface area contributed by atoms with Crippen molar-refractivity contribution in [2.75, 3.05) is 0 Å². The minimum atomic E-state index is -4.96. The number of aromatic nitrogens is 2. The van der Waals surface area contributed by atoms with Gasteiger partial charge in [0.05, 0.1) is 0 Å². The van der Waals surface area contributed by atoms with Crippen LogP contribution in [0.2, 0.25) is 0 Å². The molecule has 7 heteroatoms. The summed E-state index contributed by atoms with van der Waals surface area (Å²) in [6.07, 6.45) is 2.34. The Morgan fingerprint density at radius 3 is 2.57 bits per heavy atom. The van der Waals surface area contributed by atoms with E-state index in [2.05, 4.69) is 5.10 Å². The second-order valence-corrected chi connectivity index (χ2v) is 2.71. The second kappa shape index (κ2) is 4.36. The summed E-state index contributed by atoms with van der Waals surface area (Å²) in [5.74, 6) is 0. The van der Waals surface area contributed by atoms with Crippen molar-refractivity contribution in [3.8, 4) is 0 Å². The van der Waals surface area contributed by atoms with E-state index in [0.29, 0.717) is 0 Å². The van der Waals surface area contributed by atoms with E-state index >= 15 is 0 Å². The first-order chi connectivity index (χ1) is 6.09. The topological polar surface area (TPSA) is 17.3 Å². The molecule has 0 saturated heterocycles. The average molecular weight is 224 g/mol. The van der Waals surface area contributed by atoms with Crippen molar-refractivity contribution >= 4 is 18.0 Å². The zero-order chi connectivity index (χ0) is 9.47. The van der Waals surface area contributed by atoms with Crippen LogP contribution in [0.1, 0.15) is 0 Å². The molecule has 0 aliphatic rings. The molecule has 2 aromatic heterocycles. The molecular formula is C7H5BF3KN2. The van der Waals surface area contributed by atoms with Gasteiger partial charge in [-0.2, -0.15) is 5.10 Å². The number of nitrogens with zero attached hydrogens (tertiary/aromatic N) is 2. The Morgan fingerprint density at radius 1 is 1.21 bits per heavy atom. The predicted molar refractivity (Wildman–Crippen MR) is 43.9 cm³/mol. The van der Waals surface area contributed by atoms with Gasteiger partial charge in [-0.1, -0.05) is 11.5 Å². The molecule has 0 aliphatic heterocycles. The van der Waals surface area contributed by atoms with Crippen LogP contribution in [0.5, 0.6) is 0 Å². The van der Waals surface area contributed by atoms with E-state index in [0.717, 1.165) is 6.20 Å². The SMILES string of the molecule is F[B-](F)(F)c1cnn2ccccc12.[K+]. The Bertz CT molecular complexity index is 440. The normalized spacial score (nSPS) is 11.4. The van der Waals surface area contributed by atoms with Crippen molar-refractivity contribution in [3.05, 3.63) is 30.6 Å². The molecule has 0 atom stereocenters. The van der Waals surface area contributed by atoms with Gasteiger partial charge in [-0.15, -0.1) is 0 Å². The molecule has 0 amide bonds. The average Bonchev–Trinajstić information content (AvgIpc) is 2.45. The maximum absolute atomic E-state index is 12.4. The van der Waals surface area contributed by atoms with Crippen LogP contribution in [0.15, 0.2) is 30.6 Å². The van der Waals surface area contributed by atoms with E-state index in [-0.39, 0.29) is 56.9 Å². The van der Waals surface area contributed by atoms with Crippen LogP contribution >= 0.6 is 0 Å². The third-order valence-electron chi connectivity index (χ3n) is 1.81. The number of pyridine rings is 1. The number of rotatable bonds is 1. The molecule has 2 rings (SSSR count). The van der Waals surface area contributed by atoms with Crippen LogP contribution in [-0.2, 0) is 0 Å². The van der Waals surface area contributed by atoms with Crippen LogP contribution in [0, 0.1) is 0 Å².